The molecule has 0 bridgehead atoms. The molecule has 0 fully saturated rings. The Bertz CT molecular complexity index is 615. The highest BCUT2D eigenvalue weighted by Gasteiger charge is 2.14. The zero-order valence-electron chi connectivity index (χ0n) is 10.8. The van der Waals surface area contributed by atoms with Crippen LogP contribution in [-0.2, 0) is 0 Å². The summed E-state index contributed by atoms with van der Waals surface area (Å²) in [5.74, 6) is -0.280. The summed E-state index contributed by atoms with van der Waals surface area (Å²) in [5.41, 5.74) is 1.80. The van der Waals surface area contributed by atoms with Crippen LogP contribution in [0.15, 0.2) is 54.6 Å². The van der Waals surface area contributed by atoms with E-state index in [1.165, 1.54) is 0 Å². The lowest BCUT2D eigenvalue weighted by Crippen LogP contribution is -2.30. The van der Waals surface area contributed by atoms with Gasteiger partial charge in [-0.2, -0.15) is 5.26 Å². The van der Waals surface area contributed by atoms with Crippen molar-refractivity contribution in [2.75, 3.05) is 6.61 Å². The van der Waals surface area contributed by atoms with Crippen LogP contribution in [0.3, 0.4) is 0 Å². The summed E-state index contributed by atoms with van der Waals surface area (Å²) < 4.78 is 0. The van der Waals surface area contributed by atoms with Crippen LogP contribution in [0.5, 0.6) is 0 Å². The quantitative estimate of drug-likeness (QED) is 0.889. The molecule has 1 amide bonds. The number of rotatable bonds is 4. The SMILES string of the molecule is N#Cc1ccc(C(=O)N[C@H](CO)c2ccccc2)cc1. The topological polar surface area (TPSA) is 73.1 Å². The zero-order chi connectivity index (χ0) is 14.4. The Morgan fingerprint density at radius 3 is 2.35 bits per heavy atom. The van der Waals surface area contributed by atoms with Crippen LogP contribution in [0, 0.1) is 11.3 Å². The van der Waals surface area contributed by atoms with Gasteiger partial charge in [0.15, 0.2) is 0 Å². The Morgan fingerprint density at radius 1 is 1.15 bits per heavy atom. The first-order chi connectivity index (χ1) is 9.74. The predicted molar refractivity (Wildman–Crippen MR) is 74.9 cm³/mol. The van der Waals surface area contributed by atoms with E-state index in [0.717, 1.165) is 5.56 Å². The fraction of sp³-hybridized carbons (Fsp3) is 0.125. The number of hydrogen-bond acceptors (Lipinski definition) is 3. The second kappa shape index (κ2) is 6.50. The molecule has 2 rings (SSSR count). The number of nitrogens with zero attached hydrogens (tertiary/aromatic N) is 1. The van der Waals surface area contributed by atoms with Crippen LogP contribution in [0.2, 0.25) is 0 Å². The number of aliphatic hydroxyl groups excluding tert-OH is 1. The van der Waals surface area contributed by atoms with E-state index in [9.17, 15) is 9.90 Å². The van der Waals surface area contributed by atoms with E-state index in [4.69, 9.17) is 5.26 Å². The molecule has 2 N–H and O–H groups in total. The number of amides is 1. The van der Waals surface area contributed by atoms with Gasteiger partial charge in [-0.05, 0) is 29.8 Å². The number of hydrogen-bond donors (Lipinski definition) is 2. The second-order valence-corrected chi connectivity index (χ2v) is 4.31. The van der Waals surface area contributed by atoms with Gasteiger partial charge in [-0.25, -0.2) is 0 Å². The molecule has 2 aromatic carbocycles. The van der Waals surface area contributed by atoms with E-state index in [0.29, 0.717) is 11.1 Å². The van der Waals surface area contributed by atoms with Crippen molar-refractivity contribution in [3.63, 3.8) is 0 Å². The number of nitrogens with one attached hydrogen (secondary N) is 1. The molecule has 0 aliphatic rings. The van der Waals surface area contributed by atoms with Gasteiger partial charge in [0.25, 0.3) is 5.91 Å². The van der Waals surface area contributed by atoms with Gasteiger partial charge in [0.2, 0.25) is 0 Å². The average molecular weight is 266 g/mol. The zero-order valence-corrected chi connectivity index (χ0v) is 10.8. The highest BCUT2D eigenvalue weighted by molar-refractivity contribution is 5.94. The molecule has 100 valence electrons. The molecule has 0 aromatic heterocycles. The Balaban J connectivity index is 2.11. The maximum Gasteiger partial charge on any atom is 0.251 e. The van der Waals surface area contributed by atoms with Gasteiger partial charge in [0, 0.05) is 5.56 Å². The van der Waals surface area contributed by atoms with E-state index < -0.39 is 6.04 Å². The molecule has 2 aromatic rings. The molecule has 0 saturated carbocycles. The van der Waals surface area contributed by atoms with Crippen LogP contribution < -0.4 is 5.32 Å². The molecule has 0 saturated heterocycles. The Kier molecular flexibility index (Phi) is 4.48. The molecule has 20 heavy (non-hydrogen) atoms. The summed E-state index contributed by atoms with van der Waals surface area (Å²) >= 11 is 0. The Labute approximate surface area is 117 Å². The standard InChI is InChI=1S/C16H14N2O2/c17-10-12-6-8-14(9-7-12)16(20)18-15(11-19)13-4-2-1-3-5-13/h1-9,15,19H,11H2,(H,18,20)/t15-/m1/s1. The highest BCUT2D eigenvalue weighted by Crippen LogP contribution is 2.13. The van der Waals surface area contributed by atoms with Crippen LogP contribution in [0.25, 0.3) is 0 Å². The van der Waals surface area contributed by atoms with Crippen molar-refractivity contribution in [3.05, 3.63) is 71.3 Å². The van der Waals surface area contributed by atoms with Crippen LogP contribution in [0.4, 0.5) is 0 Å². The largest absolute Gasteiger partial charge is 0.394 e. The molecule has 0 spiro atoms. The molecule has 0 heterocycles. The highest BCUT2D eigenvalue weighted by atomic mass is 16.3. The van der Waals surface area contributed by atoms with Crippen LogP contribution >= 0.6 is 0 Å². The summed E-state index contributed by atoms with van der Waals surface area (Å²) in [6.07, 6.45) is 0. The molecular weight excluding hydrogens is 252 g/mol. The van der Waals surface area contributed by atoms with E-state index in [-0.39, 0.29) is 12.5 Å². The minimum atomic E-state index is -0.445. The van der Waals surface area contributed by atoms with Gasteiger partial charge < -0.3 is 10.4 Å². The summed E-state index contributed by atoms with van der Waals surface area (Å²) in [6.45, 7) is -0.175. The minimum absolute atomic E-state index is 0.175. The molecular formula is C16H14N2O2. The van der Waals surface area contributed by atoms with Crippen molar-refractivity contribution in [3.8, 4) is 6.07 Å². The Morgan fingerprint density at radius 2 is 1.80 bits per heavy atom. The average Bonchev–Trinajstić information content (AvgIpc) is 2.53. The van der Waals surface area contributed by atoms with Gasteiger partial charge in [-0.3, -0.25) is 4.79 Å². The third-order valence-corrected chi connectivity index (χ3v) is 2.97. The maximum absolute atomic E-state index is 12.1. The maximum atomic E-state index is 12.1. The molecule has 0 aliphatic carbocycles. The number of carbonyl (C=O) groups is 1. The molecule has 0 radical (unpaired) electrons. The lowest BCUT2D eigenvalue weighted by atomic mass is 10.1. The first-order valence-electron chi connectivity index (χ1n) is 6.21. The van der Waals surface area contributed by atoms with Crippen molar-refractivity contribution in [2.45, 2.75) is 6.04 Å². The van der Waals surface area contributed by atoms with Crippen molar-refractivity contribution in [2.24, 2.45) is 0 Å². The van der Waals surface area contributed by atoms with E-state index in [1.807, 2.05) is 36.4 Å². The third kappa shape index (κ3) is 3.22. The van der Waals surface area contributed by atoms with Gasteiger partial charge in [0.1, 0.15) is 0 Å². The van der Waals surface area contributed by atoms with Crippen molar-refractivity contribution >= 4 is 5.91 Å². The van der Waals surface area contributed by atoms with Crippen molar-refractivity contribution < 1.29 is 9.90 Å². The molecule has 1 atom stereocenters. The smallest absolute Gasteiger partial charge is 0.251 e. The Hall–Kier alpha value is -2.64. The second-order valence-electron chi connectivity index (χ2n) is 4.31. The predicted octanol–water partition coefficient (Wildman–Crippen LogP) is 2.02. The van der Waals surface area contributed by atoms with Crippen molar-refractivity contribution in [1.82, 2.24) is 5.32 Å². The van der Waals surface area contributed by atoms with Gasteiger partial charge in [0.05, 0.1) is 24.3 Å². The number of aliphatic hydroxyl groups is 1. The first kappa shape index (κ1) is 13.8. The minimum Gasteiger partial charge on any atom is -0.394 e. The lowest BCUT2D eigenvalue weighted by Gasteiger charge is -2.16. The summed E-state index contributed by atoms with van der Waals surface area (Å²) in [5, 5.41) is 20.9. The van der Waals surface area contributed by atoms with Gasteiger partial charge in [-0.1, -0.05) is 30.3 Å². The molecule has 4 heteroatoms. The van der Waals surface area contributed by atoms with E-state index in [2.05, 4.69) is 5.32 Å². The molecule has 0 aliphatic heterocycles. The summed E-state index contributed by atoms with van der Waals surface area (Å²) in [4.78, 5) is 12.1. The fourth-order valence-electron chi connectivity index (χ4n) is 1.86. The fourth-order valence-corrected chi connectivity index (χ4v) is 1.86. The van der Waals surface area contributed by atoms with Gasteiger partial charge >= 0.3 is 0 Å². The normalized spacial score (nSPS) is 11.4. The van der Waals surface area contributed by atoms with E-state index >= 15 is 0 Å². The van der Waals surface area contributed by atoms with Gasteiger partial charge in [-0.15, -0.1) is 0 Å². The van der Waals surface area contributed by atoms with E-state index in [1.54, 1.807) is 24.3 Å². The first-order valence-corrected chi connectivity index (χ1v) is 6.21. The molecule has 0 unspecified atom stereocenters. The summed E-state index contributed by atoms with van der Waals surface area (Å²) in [7, 11) is 0. The molecule has 4 nitrogen and oxygen atoms in total. The number of benzene rings is 2. The van der Waals surface area contributed by atoms with Crippen LogP contribution in [-0.4, -0.2) is 17.6 Å². The lowest BCUT2D eigenvalue weighted by molar-refractivity contribution is 0.0916. The third-order valence-electron chi connectivity index (χ3n) is 2.97. The summed E-state index contributed by atoms with van der Waals surface area (Å²) in [6, 6.07) is 17.2. The van der Waals surface area contributed by atoms with Crippen molar-refractivity contribution in [1.29, 1.82) is 5.26 Å². The van der Waals surface area contributed by atoms with Crippen LogP contribution in [0.1, 0.15) is 27.5 Å². The number of nitriles is 1. The monoisotopic (exact) mass is 266 g/mol. The number of carbonyl (C=O) groups excluding carboxylic acids is 1.